The second kappa shape index (κ2) is 9.68. The van der Waals surface area contributed by atoms with E-state index in [1.165, 1.54) is 62.5 Å². The summed E-state index contributed by atoms with van der Waals surface area (Å²) in [6, 6.07) is 3.94. The van der Waals surface area contributed by atoms with E-state index in [1.807, 2.05) is 12.1 Å². The predicted molar refractivity (Wildman–Crippen MR) is 91.0 cm³/mol. The summed E-state index contributed by atoms with van der Waals surface area (Å²) < 4.78 is 0. The molecule has 0 aliphatic carbocycles. The molecule has 2 heteroatoms. The second-order valence-electron chi connectivity index (χ2n) is 5.82. The molecule has 1 aromatic rings. The molecule has 114 valence electrons. The van der Waals surface area contributed by atoms with Crippen LogP contribution in [0.4, 0.5) is 11.4 Å². The van der Waals surface area contributed by atoms with Crippen molar-refractivity contribution in [2.24, 2.45) is 0 Å². The van der Waals surface area contributed by atoms with Crippen molar-refractivity contribution < 1.29 is 0 Å². The molecule has 2 nitrogen and oxygen atoms in total. The van der Waals surface area contributed by atoms with E-state index in [4.69, 9.17) is 11.5 Å². The highest BCUT2D eigenvalue weighted by Gasteiger charge is 2.10. The van der Waals surface area contributed by atoms with Gasteiger partial charge in [0.15, 0.2) is 0 Å². The molecule has 0 radical (unpaired) electrons. The average molecular weight is 276 g/mol. The molecule has 0 aromatic heterocycles. The van der Waals surface area contributed by atoms with Gasteiger partial charge in [-0.05, 0) is 48.9 Å². The molecule has 0 heterocycles. The molecule has 1 rings (SSSR count). The lowest BCUT2D eigenvalue weighted by Gasteiger charge is -2.15. The smallest absolute Gasteiger partial charge is 0.0350 e. The van der Waals surface area contributed by atoms with Crippen LogP contribution >= 0.6 is 0 Å². The van der Waals surface area contributed by atoms with Crippen molar-refractivity contribution in [1.82, 2.24) is 0 Å². The third kappa shape index (κ3) is 5.44. The van der Waals surface area contributed by atoms with Gasteiger partial charge in [0.05, 0.1) is 0 Å². The molecule has 0 atom stereocenters. The van der Waals surface area contributed by atoms with Crippen LogP contribution in [0.15, 0.2) is 12.1 Å². The molecule has 0 saturated heterocycles. The first-order valence-corrected chi connectivity index (χ1v) is 8.36. The number of unbranched alkanes of at least 4 members (excludes halogenated alkanes) is 6. The standard InChI is InChI=1S/C18H32N2/c1-3-5-7-9-11-15-16(12-10-8-6-4-2)18(20)14-13-17(15)19/h13-14H,3-12,19-20H2,1-2H3. The fraction of sp³-hybridized carbons (Fsp3) is 0.667. The number of nitrogens with two attached hydrogens (primary N) is 2. The molecular weight excluding hydrogens is 244 g/mol. The Balaban J connectivity index is 2.66. The lowest BCUT2D eigenvalue weighted by molar-refractivity contribution is 0.652. The normalized spacial score (nSPS) is 10.9. The zero-order valence-electron chi connectivity index (χ0n) is 13.4. The monoisotopic (exact) mass is 276 g/mol. The quantitative estimate of drug-likeness (QED) is 0.461. The maximum absolute atomic E-state index is 6.18. The number of hydrogen-bond donors (Lipinski definition) is 2. The van der Waals surface area contributed by atoms with Gasteiger partial charge in [-0.1, -0.05) is 52.4 Å². The highest BCUT2D eigenvalue weighted by molar-refractivity contribution is 5.62. The van der Waals surface area contributed by atoms with Gasteiger partial charge in [-0.2, -0.15) is 0 Å². The first-order chi connectivity index (χ1) is 9.70. The molecule has 0 aliphatic rings. The summed E-state index contributed by atoms with van der Waals surface area (Å²) >= 11 is 0. The largest absolute Gasteiger partial charge is 0.398 e. The van der Waals surface area contributed by atoms with Gasteiger partial charge >= 0.3 is 0 Å². The van der Waals surface area contributed by atoms with Crippen LogP contribution in [-0.4, -0.2) is 0 Å². The van der Waals surface area contributed by atoms with Crippen molar-refractivity contribution >= 4 is 11.4 Å². The number of rotatable bonds is 10. The van der Waals surface area contributed by atoms with Gasteiger partial charge in [-0.25, -0.2) is 0 Å². The zero-order chi connectivity index (χ0) is 14.8. The molecule has 0 spiro atoms. The zero-order valence-corrected chi connectivity index (χ0v) is 13.4. The van der Waals surface area contributed by atoms with Crippen LogP contribution in [0.1, 0.15) is 76.3 Å². The van der Waals surface area contributed by atoms with Gasteiger partial charge in [0, 0.05) is 11.4 Å². The molecule has 0 bridgehead atoms. The Bertz CT molecular complexity index is 348. The summed E-state index contributed by atoms with van der Waals surface area (Å²) in [4.78, 5) is 0. The molecule has 0 unspecified atom stereocenters. The first-order valence-electron chi connectivity index (χ1n) is 8.36. The van der Waals surface area contributed by atoms with E-state index in [0.717, 1.165) is 24.2 Å². The SMILES string of the molecule is CCCCCCc1c(N)ccc(N)c1CCCCCC. The molecule has 20 heavy (non-hydrogen) atoms. The fourth-order valence-electron chi connectivity index (χ4n) is 2.78. The first kappa shape index (κ1) is 16.9. The minimum atomic E-state index is 0.932. The number of hydrogen-bond acceptors (Lipinski definition) is 2. The summed E-state index contributed by atoms with van der Waals surface area (Å²) in [7, 11) is 0. The van der Waals surface area contributed by atoms with Crippen LogP contribution in [0.3, 0.4) is 0 Å². The summed E-state index contributed by atoms with van der Waals surface area (Å²) in [5, 5.41) is 0. The lowest BCUT2D eigenvalue weighted by atomic mass is 9.94. The summed E-state index contributed by atoms with van der Waals surface area (Å²) in [5.41, 5.74) is 16.9. The van der Waals surface area contributed by atoms with Gasteiger partial charge < -0.3 is 11.5 Å². The van der Waals surface area contributed by atoms with E-state index < -0.39 is 0 Å². The van der Waals surface area contributed by atoms with Crippen molar-refractivity contribution in [2.45, 2.75) is 78.1 Å². The molecule has 1 aromatic carbocycles. The maximum Gasteiger partial charge on any atom is 0.0350 e. The molecule has 0 saturated carbocycles. The van der Waals surface area contributed by atoms with Crippen molar-refractivity contribution in [3.05, 3.63) is 23.3 Å². The minimum Gasteiger partial charge on any atom is -0.398 e. The highest BCUT2D eigenvalue weighted by Crippen LogP contribution is 2.27. The van der Waals surface area contributed by atoms with Gasteiger partial charge in [0.25, 0.3) is 0 Å². The Labute approximate surface area is 124 Å². The fourth-order valence-corrected chi connectivity index (χ4v) is 2.78. The third-order valence-corrected chi connectivity index (χ3v) is 4.06. The highest BCUT2D eigenvalue weighted by atomic mass is 14.6. The molecule has 4 N–H and O–H groups in total. The molecule has 0 fully saturated rings. The van der Waals surface area contributed by atoms with Gasteiger partial charge in [-0.3, -0.25) is 0 Å². The van der Waals surface area contributed by atoms with Crippen LogP contribution in [0, 0.1) is 0 Å². The Morgan fingerprint density at radius 1 is 0.650 bits per heavy atom. The van der Waals surface area contributed by atoms with Crippen LogP contribution < -0.4 is 11.5 Å². The van der Waals surface area contributed by atoms with E-state index in [0.29, 0.717) is 0 Å². The van der Waals surface area contributed by atoms with Crippen LogP contribution in [0.25, 0.3) is 0 Å². The van der Waals surface area contributed by atoms with Crippen molar-refractivity contribution in [3.63, 3.8) is 0 Å². The summed E-state index contributed by atoms with van der Waals surface area (Å²) in [5.74, 6) is 0. The van der Waals surface area contributed by atoms with Crippen LogP contribution in [-0.2, 0) is 12.8 Å². The van der Waals surface area contributed by atoms with E-state index in [-0.39, 0.29) is 0 Å². The topological polar surface area (TPSA) is 52.0 Å². The Hall–Kier alpha value is -1.18. The number of anilines is 2. The molecule has 0 aliphatic heterocycles. The van der Waals surface area contributed by atoms with E-state index in [1.54, 1.807) is 0 Å². The predicted octanol–water partition coefficient (Wildman–Crippen LogP) is 5.10. The third-order valence-electron chi connectivity index (χ3n) is 4.06. The minimum absolute atomic E-state index is 0.932. The number of benzene rings is 1. The Morgan fingerprint density at radius 2 is 1.05 bits per heavy atom. The van der Waals surface area contributed by atoms with Gasteiger partial charge in [-0.15, -0.1) is 0 Å². The van der Waals surface area contributed by atoms with E-state index in [9.17, 15) is 0 Å². The van der Waals surface area contributed by atoms with Gasteiger partial charge in [0.2, 0.25) is 0 Å². The summed E-state index contributed by atoms with van der Waals surface area (Å²) in [6.45, 7) is 4.49. The van der Waals surface area contributed by atoms with E-state index >= 15 is 0 Å². The van der Waals surface area contributed by atoms with Crippen molar-refractivity contribution in [3.8, 4) is 0 Å². The Kier molecular flexibility index (Phi) is 8.17. The van der Waals surface area contributed by atoms with Crippen LogP contribution in [0.5, 0.6) is 0 Å². The summed E-state index contributed by atoms with van der Waals surface area (Å²) in [6.07, 6.45) is 12.4. The second-order valence-corrected chi connectivity index (χ2v) is 5.82. The van der Waals surface area contributed by atoms with E-state index in [2.05, 4.69) is 13.8 Å². The molecular formula is C18H32N2. The van der Waals surface area contributed by atoms with Crippen molar-refractivity contribution in [2.75, 3.05) is 11.5 Å². The van der Waals surface area contributed by atoms with Crippen LogP contribution in [0.2, 0.25) is 0 Å². The van der Waals surface area contributed by atoms with Gasteiger partial charge in [0.1, 0.15) is 0 Å². The molecule has 0 amide bonds. The lowest BCUT2D eigenvalue weighted by Crippen LogP contribution is -2.05. The average Bonchev–Trinajstić information content (AvgIpc) is 2.45. The number of nitrogen functional groups attached to an aromatic ring is 2. The van der Waals surface area contributed by atoms with Crippen molar-refractivity contribution in [1.29, 1.82) is 0 Å². The Morgan fingerprint density at radius 3 is 1.40 bits per heavy atom. The maximum atomic E-state index is 6.18.